The van der Waals surface area contributed by atoms with Gasteiger partial charge in [-0.1, -0.05) is 50.8 Å². The minimum Gasteiger partial charge on any atom is -0.463 e. The summed E-state index contributed by atoms with van der Waals surface area (Å²) in [5, 5.41) is 6.26. The maximum Gasteiger partial charge on any atom is 0.408 e. The third-order valence-corrected chi connectivity index (χ3v) is 7.51. The zero-order valence-corrected chi connectivity index (χ0v) is 29.3. The van der Waals surface area contributed by atoms with Crippen LogP contribution in [0.2, 0.25) is 0 Å². The van der Waals surface area contributed by atoms with Gasteiger partial charge in [-0.3, -0.25) is 0 Å². The van der Waals surface area contributed by atoms with Gasteiger partial charge >= 0.3 is 24.0 Å². The lowest BCUT2D eigenvalue weighted by molar-refractivity contribution is -0.139. The molecule has 2 atom stereocenters. The van der Waals surface area contributed by atoms with E-state index in [4.69, 9.17) is 18.9 Å². The Morgan fingerprint density at radius 1 is 0.878 bits per heavy atom. The minimum atomic E-state index is -1.03. The van der Waals surface area contributed by atoms with Crippen LogP contribution in [-0.2, 0) is 35.0 Å². The summed E-state index contributed by atoms with van der Waals surface area (Å²) in [6, 6.07) is 11.6. The minimum absolute atomic E-state index is 0.0301. The van der Waals surface area contributed by atoms with E-state index in [0.717, 1.165) is 5.56 Å². The second kappa shape index (κ2) is 17.5. The molecule has 0 fully saturated rings. The van der Waals surface area contributed by atoms with Crippen LogP contribution in [0.25, 0.3) is 0 Å². The fourth-order valence-electron chi connectivity index (χ4n) is 5.39. The van der Waals surface area contributed by atoms with Crippen molar-refractivity contribution in [3.63, 3.8) is 0 Å². The number of allylic oxidation sites excluding steroid dienone is 1. The molecule has 0 aromatic heterocycles. The molecule has 11 heteroatoms. The van der Waals surface area contributed by atoms with Crippen LogP contribution in [0.4, 0.5) is 9.18 Å². The number of rotatable bonds is 14. The van der Waals surface area contributed by atoms with Crippen molar-refractivity contribution < 1.29 is 42.5 Å². The van der Waals surface area contributed by atoms with Crippen molar-refractivity contribution in [3.8, 4) is 0 Å². The lowest BCUT2D eigenvalue weighted by Gasteiger charge is -2.37. The van der Waals surface area contributed by atoms with Crippen LogP contribution < -0.4 is 10.6 Å². The van der Waals surface area contributed by atoms with Crippen LogP contribution in [0, 0.1) is 11.7 Å². The standard InChI is InChI=1S/C38H47FN2O8/c1-9-22-48-34(42)26-17-15-25(16-18-26)29-30(35(43)46-10-2)28(21-14-24-12-19-27(39)20-13-24)40-33(31(29)36(44)47-11-3)32(23(4)5)41-37(45)49-38(6,7)8/h9,12-13,15-20,23,29,32,40H,1,10-11,14,21-22H2,2-8H3,(H,41,45)/t29?,32-/m0/s1. The number of aryl methyl sites for hydroxylation is 1. The average molecular weight is 679 g/mol. The van der Waals surface area contributed by atoms with Crippen molar-refractivity contribution in [3.05, 3.63) is 106 Å². The predicted octanol–water partition coefficient (Wildman–Crippen LogP) is 6.67. The number of carbonyl (C=O) groups is 4. The summed E-state index contributed by atoms with van der Waals surface area (Å²) < 4.78 is 35.6. The van der Waals surface area contributed by atoms with Gasteiger partial charge in [0.1, 0.15) is 18.0 Å². The Hall–Kier alpha value is -4.93. The van der Waals surface area contributed by atoms with E-state index in [0.29, 0.717) is 23.4 Å². The summed E-state index contributed by atoms with van der Waals surface area (Å²) in [5.41, 5.74) is 1.79. The first-order chi connectivity index (χ1) is 23.2. The molecule has 2 aromatic carbocycles. The Bertz CT molecular complexity index is 1570. The van der Waals surface area contributed by atoms with Crippen molar-refractivity contribution >= 4 is 24.0 Å². The summed E-state index contributed by atoms with van der Waals surface area (Å²) in [4.78, 5) is 53.7. The van der Waals surface area contributed by atoms with Crippen LogP contribution in [0.3, 0.4) is 0 Å². The molecule has 264 valence electrons. The van der Waals surface area contributed by atoms with E-state index in [9.17, 15) is 23.6 Å². The lowest BCUT2D eigenvalue weighted by atomic mass is 9.77. The summed E-state index contributed by atoms with van der Waals surface area (Å²) >= 11 is 0. The number of carbonyl (C=O) groups excluding carboxylic acids is 4. The number of ether oxygens (including phenoxy) is 4. The number of halogens is 1. The van der Waals surface area contributed by atoms with E-state index < -0.39 is 41.6 Å². The van der Waals surface area contributed by atoms with Gasteiger partial charge in [-0.05, 0) is 88.8 Å². The third kappa shape index (κ3) is 10.5. The van der Waals surface area contributed by atoms with E-state index in [1.807, 2.05) is 13.8 Å². The molecular weight excluding hydrogens is 631 g/mol. The number of esters is 3. The molecule has 1 aliphatic heterocycles. The quantitative estimate of drug-likeness (QED) is 0.128. The number of hydrogen-bond donors (Lipinski definition) is 2. The highest BCUT2D eigenvalue weighted by atomic mass is 19.1. The van der Waals surface area contributed by atoms with E-state index in [1.54, 1.807) is 71.0 Å². The predicted molar refractivity (Wildman–Crippen MR) is 183 cm³/mol. The molecule has 0 aliphatic carbocycles. The first-order valence-corrected chi connectivity index (χ1v) is 16.4. The monoisotopic (exact) mass is 678 g/mol. The van der Waals surface area contributed by atoms with Gasteiger partial charge in [0.25, 0.3) is 0 Å². The van der Waals surface area contributed by atoms with Crippen molar-refractivity contribution in [2.24, 2.45) is 5.92 Å². The number of hydrogen-bond acceptors (Lipinski definition) is 9. The molecule has 0 saturated carbocycles. The van der Waals surface area contributed by atoms with Crippen molar-refractivity contribution in [1.82, 2.24) is 10.6 Å². The smallest absolute Gasteiger partial charge is 0.408 e. The molecule has 1 heterocycles. The first kappa shape index (κ1) is 38.5. The SMILES string of the molecule is C=CCOC(=O)c1ccc(C2C(C(=O)OCC)=C(CCc3ccc(F)cc3)NC([C@@H](NC(=O)OC(C)(C)C)C(C)C)=C2C(=O)OCC)cc1. The largest absolute Gasteiger partial charge is 0.463 e. The number of alkyl carbamates (subject to hydrolysis) is 1. The Morgan fingerprint density at radius 2 is 1.47 bits per heavy atom. The molecule has 0 saturated heterocycles. The van der Waals surface area contributed by atoms with Crippen LogP contribution >= 0.6 is 0 Å². The fraction of sp³-hybridized carbons (Fsp3) is 0.421. The summed E-state index contributed by atoms with van der Waals surface area (Å²) in [6.45, 7) is 16.0. The number of nitrogens with one attached hydrogen (secondary N) is 2. The Labute approximate surface area is 287 Å². The average Bonchev–Trinajstić information content (AvgIpc) is 3.04. The molecule has 3 rings (SSSR count). The van der Waals surface area contributed by atoms with Gasteiger partial charge in [0.15, 0.2) is 0 Å². The molecule has 0 radical (unpaired) electrons. The molecule has 2 N–H and O–H groups in total. The molecule has 1 unspecified atom stereocenters. The maximum absolute atomic E-state index is 14.0. The van der Waals surface area contributed by atoms with E-state index in [1.165, 1.54) is 18.2 Å². The van der Waals surface area contributed by atoms with Crippen LogP contribution in [-0.4, -0.2) is 55.5 Å². The van der Waals surface area contributed by atoms with Gasteiger partial charge in [0.2, 0.25) is 0 Å². The molecule has 49 heavy (non-hydrogen) atoms. The molecule has 0 bridgehead atoms. The van der Waals surface area contributed by atoms with E-state index in [2.05, 4.69) is 17.2 Å². The normalized spacial score (nSPS) is 15.2. The molecule has 10 nitrogen and oxygen atoms in total. The molecule has 1 aliphatic rings. The highest BCUT2D eigenvalue weighted by Crippen LogP contribution is 2.42. The Kier molecular flexibility index (Phi) is 13.7. The fourth-order valence-corrected chi connectivity index (χ4v) is 5.39. The van der Waals surface area contributed by atoms with Gasteiger partial charge in [0.05, 0.1) is 41.9 Å². The van der Waals surface area contributed by atoms with Gasteiger partial charge in [-0.2, -0.15) is 0 Å². The van der Waals surface area contributed by atoms with Gasteiger partial charge in [-0.15, -0.1) is 0 Å². The van der Waals surface area contributed by atoms with Crippen LogP contribution in [0.1, 0.15) is 82.3 Å². The summed E-state index contributed by atoms with van der Waals surface area (Å²) in [7, 11) is 0. The van der Waals surface area contributed by atoms with Gasteiger partial charge < -0.3 is 29.6 Å². The summed E-state index contributed by atoms with van der Waals surface area (Å²) in [6.07, 6.45) is 1.43. The zero-order valence-electron chi connectivity index (χ0n) is 29.3. The van der Waals surface area contributed by atoms with Crippen LogP contribution in [0.15, 0.2) is 83.7 Å². The topological polar surface area (TPSA) is 129 Å². The van der Waals surface area contributed by atoms with E-state index in [-0.39, 0.29) is 54.7 Å². The number of benzene rings is 2. The maximum atomic E-state index is 14.0. The zero-order chi connectivity index (χ0) is 36.3. The first-order valence-electron chi connectivity index (χ1n) is 16.4. The number of amides is 1. The highest BCUT2D eigenvalue weighted by Gasteiger charge is 2.42. The second-order valence-corrected chi connectivity index (χ2v) is 12.7. The highest BCUT2D eigenvalue weighted by molar-refractivity contribution is 6.00. The number of dihydropyridines is 1. The third-order valence-electron chi connectivity index (χ3n) is 7.51. The second-order valence-electron chi connectivity index (χ2n) is 12.7. The molecule has 1 amide bonds. The Morgan fingerprint density at radius 3 is 2.00 bits per heavy atom. The van der Waals surface area contributed by atoms with Crippen molar-refractivity contribution in [2.45, 2.75) is 78.9 Å². The molecule has 0 spiro atoms. The lowest BCUT2D eigenvalue weighted by Crippen LogP contribution is -2.48. The molecular formula is C38H47FN2O8. The Balaban J connectivity index is 2.31. The van der Waals surface area contributed by atoms with Crippen LogP contribution in [0.5, 0.6) is 0 Å². The summed E-state index contributed by atoms with van der Waals surface area (Å²) in [5.74, 6) is -3.62. The van der Waals surface area contributed by atoms with Crippen molar-refractivity contribution in [2.75, 3.05) is 19.8 Å². The molecule has 2 aromatic rings. The van der Waals surface area contributed by atoms with Gasteiger partial charge in [-0.25, -0.2) is 23.6 Å². The van der Waals surface area contributed by atoms with E-state index >= 15 is 0 Å². The van der Waals surface area contributed by atoms with Gasteiger partial charge in [0, 0.05) is 11.4 Å². The van der Waals surface area contributed by atoms with Crippen molar-refractivity contribution in [1.29, 1.82) is 0 Å².